The van der Waals surface area contributed by atoms with E-state index in [1.54, 1.807) is 7.11 Å². The molecule has 0 aliphatic carbocycles. The Morgan fingerprint density at radius 3 is 2.35 bits per heavy atom. The molecule has 0 aliphatic heterocycles. The number of hydrogen-bond donors (Lipinski definition) is 1. The van der Waals surface area contributed by atoms with Gasteiger partial charge in [-0.05, 0) is 31.5 Å². The van der Waals surface area contributed by atoms with E-state index in [1.807, 2.05) is 24.3 Å². The van der Waals surface area contributed by atoms with Crippen molar-refractivity contribution in [2.45, 2.75) is 26.4 Å². The number of hydrogen-bond acceptors (Lipinski definition) is 3. The lowest BCUT2D eigenvalue weighted by atomic mass is 10.1. The second-order valence-corrected chi connectivity index (χ2v) is 5.10. The molecule has 2 N–H and O–H groups in total. The van der Waals surface area contributed by atoms with Gasteiger partial charge >= 0.3 is 0 Å². The number of nitrogens with two attached hydrogens (primary N) is 1. The highest BCUT2D eigenvalue weighted by Crippen LogP contribution is 2.33. The van der Waals surface area contributed by atoms with Crippen LogP contribution in [0.15, 0.2) is 48.5 Å². The van der Waals surface area contributed by atoms with Crippen molar-refractivity contribution in [2.24, 2.45) is 0 Å². The highest BCUT2D eigenvalue weighted by Gasteiger charge is 2.16. The Hall–Kier alpha value is -2.16. The van der Waals surface area contributed by atoms with E-state index in [2.05, 4.69) is 43.0 Å². The minimum atomic E-state index is 0.351. The van der Waals surface area contributed by atoms with Gasteiger partial charge in [0.1, 0.15) is 5.75 Å². The van der Waals surface area contributed by atoms with Crippen LogP contribution in [0.4, 0.5) is 11.4 Å². The van der Waals surface area contributed by atoms with Gasteiger partial charge in [-0.3, -0.25) is 0 Å². The van der Waals surface area contributed by atoms with Crippen molar-refractivity contribution < 1.29 is 4.74 Å². The van der Waals surface area contributed by atoms with E-state index < -0.39 is 0 Å². The van der Waals surface area contributed by atoms with Crippen LogP contribution in [0.1, 0.15) is 19.4 Å². The first kappa shape index (κ1) is 14.3. The molecule has 0 saturated heterocycles. The molecule has 3 heteroatoms. The number of nitrogen functional groups attached to an aromatic ring is 1. The van der Waals surface area contributed by atoms with Gasteiger partial charge in [0.05, 0.1) is 18.5 Å². The van der Waals surface area contributed by atoms with Crippen LogP contribution < -0.4 is 15.4 Å². The van der Waals surface area contributed by atoms with Crippen LogP contribution in [0.2, 0.25) is 0 Å². The first-order valence-electron chi connectivity index (χ1n) is 6.86. The maximum atomic E-state index is 6.22. The van der Waals surface area contributed by atoms with E-state index in [0.717, 1.165) is 18.0 Å². The molecule has 0 unspecified atom stereocenters. The maximum absolute atomic E-state index is 6.22. The number of anilines is 2. The van der Waals surface area contributed by atoms with E-state index in [4.69, 9.17) is 10.5 Å². The van der Waals surface area contributed by atoms with Crippen molar-refractivity contribution in [3.8, 4) is 5.75 Å². The summed E-state index contributed by atoms with van der Waals surface area (Å²) in [4.78, 5) is 2.28. The van der Waals surface area contributed by atoms with Gasteiger partial charge in [0.15, 0.2) is 0 Å². The smallest absolute Gasteiger partial charge is 0.143 e. The zero-order valence-electron chi connectivity index (χ0n) is 12.3. The third-order valence-electron chi connectivity index (χ3n) is 3.39. The summed E-state index contributed by atoms with van der Waals surface area (Å²) in [6.45, 7) is 5.17. The molecule has 0 aliphatic rings. The molecule has 0 amide bonds. The fourth-order valence-electron chi connectivity index (χ4n) is 2.29. The molecule has 0 fully saturated rings. The van der Waals surface area contributed by atoms with Crippen molar-refractivity contribution >= 4 is 11.4 Å². The Morgan fingerprint density at radius 1 is 1.05 bits per heavy atom. The van der Waals surface area contributed by atoms with Crippen LogP contribution in [0, 0.1) is 0 Å². The minimum absolute atomic E-state index is 0.351. The van der Waals surface area contributed by atoms with Gasteiger partial charge in [0.25, 0.3) is 0 Å². The molecule has 3 nitrogen and oxygen atoms in total. The number of methoxy groups -OCH3 is 1. The molecule has 2 aromatic rings. The monoisotopic (exact) mass is 270 g/mol. The summed E-state index contributed by atoms with van der Waals surface area (Å²) in [5, 5.41) is 0. The quantitative estimate of drug-likeness (QED) is 0.842. The fraction of sp³-hybridized carbons (Fsp3) is 0.294. The molecular formula is C17H22N2O. The molecule has 0 saturated carbocycles. The number of rotatable bonds is 5. The molecule has 2 aromatic carbocycles. The van der Waals surface area contributed by atoms with Crippen molar-refractivity contribution in [1.82, 2.24) is 0 Å². The lowest BCUT2D eigenvalue weighted by molar-refractivity contribution is 0.417. The summed E-state index contributed by atoms with van der Waals surface area (Å²) in [5.41, 5.74) is 9.20. The third-order valence-corrected chi connectivity index (χ3v) is 3.39. The summed E-state index contributed by atoms with van der Waals surface area (Å²) < 4.78 is 5.31. The number of benzene rings is 2. The highest BCUT2D eigenvalue weighted by molar-refractivity contribution is 5.74. The zero-order chi connectivity index (χ0) is 14.5. The number of para-hydroxylation sites is 1. The van der Waals surface area contributed by atoms with E-state index in [1.165, 1.54) is 5.56 Å². The molecule has 106 valence electrons. The van der Waals surface area contributed by atoms with Crippen molar-refractivity contribution in [3.05, 3.63) is 54.1 Å². The fourth-order valence-corrected chi connectivity index (χ4v) is 2.29. The molecule has 0 aromatic heterocycles. The standard InChI is InChI=1S/C17H22N2O/c1-13(2)19(12-14-8-5-4-6-9-14)15-10-7-11-16(20-3)17(15)18/h4-11,13H,12,18H2,1-3H3. The Labute approximate surface area is 121 Å². The minimum Gasteiger partial charge on any atom is -0.495 e. The van der Waals surface area contributed by atoms with Crippen molar-refractivity contribution in [1.29, 1.82) is 0 Å². The predicted octanol–water partition coefficient (Wildman–Crippen LogP) is 3.69. The molecule has 0 heterocycles. The van der Waals surface area contributed by atoms with E-state index in [0.29, 0.717) is 11.7 Å². The average Bonchev–Trinajstić information content (AvgIpc) is 2.46. The zero-order valence-corrected chi connectivity index (χ0v) is 12.3. The summed E-state index contributed by atoms with van der Waals surface area (Å²) in [6, 6.07) is 16.7. The molecule has 0 spiro atoms. The van der Waals surface area contributed by atoms with Crippen LogP contribution >= 0.6 is 0 Å². The van der Waals surface area contributed by atoms with Crippen molar-refractivity contribution in [3.63, 3.8) is 0 Å². The van der Waals surface area contributed by atoms with Crippen LogP contribution in [0.3, 0.4) is 0 Å². The van der Waals surface area contributed by atoms with Crippen LogP contribution in [-0.2, 0) is 6.54 Å². The van der Waals surface area contributed by atoms with E-state index in [9.17, 15) is 0 Å². The molecule has 0 radical (unpaired) electrons. The SMILES string of the molecule is COc1cccc(N(Cc2ccccc2)C(C)C)c1N. The van der Waals surface area contributed by atoms with Crippen LogP contribution in [0.5, 0.6) is 5.75 Å². The van der Waals surface area contributed by atoms with Crippen LogP contribution in [0.25, 0.3) is 0 Å². The average molecular weight is 270 g/mol. The summed E-state index contributed by atoms with van der Waals surface area (Å²) in [6.07, 6.45) is 0. The van der Waals surface area contributed by atoms with Gasteiger partial charge in [-0.25, -0.2) is 0 Å². The maximum Gasteiger partial charge on any atom is 0.143 e. The first-order valence-corrected chi connectivity index (χ1v) is 6.86. The van der Waals surface area contributed by atoms with Gasteiger partial charge in [0, 0.05) is 12.6 Å². The third kappa shape index (κ3) is 3.05. The molecular weight excluding hydrogens is 248 g/mol. The lowest BCUT2D eigenvalue weighted by Crippen LogP contribution is -2.30. The van der Waals surface area contributed by atoms with E-state index >= 15 is 0 Å². The van der Waals surface area contributed by atoms with Gasteiger partial charge in [-0.1, -0.05) is 36.4 Å². The predicted molar refractivity (Wildman–Crippen MR) is 85.2 cm³/mol. The van der Waals surface area contributed by atoms with Crippen molar-refractivity contribution in [2.75, 3.05) is 17.7 Å². The molecule has 2 rings (SSSR count). The van der Waals surface area contributed by atoms with Gasteiger partial charge < -0.3 is 15.4 Å². The van der Waals surface area contributed by atoms with Gasteiger partial charge in [-0.2, -0.15) is 0 Å². The largest absolute Gasteiger partial charge is 0.495 e. The Morgan fingerprint density at radius 2 is 1.75 bits per heavy atom. The summed E-state index contributed by atoms with van der Waals surface area (Å²) in [5.74, 6) is 0.723. The topological polar surface area (TPSA) is 38.5 Å². The second-order valence-electron chi connectivity index (χ2n) is 5.10. The Balaban J connectivity index is 2.34. The van der Waals surface area contributed by atoms with Gasteiger partial charge in [0.2, 0.25) is 0 Å². The molecule has 0 bridgehead atoms. The lowest BCUT2D eigenvalue weighted by Gasteiger charge is -2.30. The highest BCUT2D eigenvalue weighted by atomic mass is 16.5. The van der Waals surface area contributed by atoms with E-state index in [-0.39, 0.29) is 0 Å². The normalized spacial score (nSPS) is 10.6. The first-order chi connectivity index (χ1) is 9.63. The summed E-state index contributed by atoms with van der Waals surface area (Å²) >= 11 is 0. The number of nitrogens with zero attached hydrogens (tertiary/aromatic N) is 1. The molecule has 20 heavy (non-hydrogen) atoms. The van der Waals surface area contributed by atoms with Gasteiger partial charge in [-0.15, -0.1) is 0 Å². The Kier molecular flexibility index (Phi) is 4.51. The molecule has 0 atom stereocenters. The number of ether oxygens (including phenoxy) is 1. The second kappa shape index (κ2) is 6.33. The Bertz CT molecular complexity index is 552. The van der Waals surface area contributed by atoms with Crippen LogP contribution in [-0.4, -0.2) is 13.2 Å². The summed E-state index contributed by atoms with van der Waals surface area (Å²) in [7, 11) is 1.65.